The molecule has 0 spiro atoms. The molecule has 0 bridgehead atoms. The topological polar surface area (TPSA) is 138 Å². The van der Waals surface area contributed by atoms with Crippen LogP contribution in [0.4, 0.5) is 10.9 Å². The van der Waals surface area contributed by atoms with E-state index in [4.69, 9.17) is 10.5 Å². The molecule has 11 heteroatoms. The molecule has 4 rings (SSSR count). The van der Waals surface area contributed by atoms with Crippen molar-refractivity contribution in [3.63, 3.8) is 0 Å². The molecule has 0 aliphatic heterocycles. The van der Waals surface area contributed by atoms with Crippen LogP contribution in [0.3, 0.4) is 0 Å². The maximum absolute atomic E-state index is 12.4. The summed E-state index contributed by atoms with van der Waals surface area (Å²) in [6.07, 6.45) is 0.185. The molecule has 4 aromatic rings. The average Bonchev–Trinajstić information content (AvgIpc) is 3.47. The largest absolute Gasteiger partial charge is 0.497 e. The number of thiophene rings is 1. The van der Waals surface area contributed by atoms with Crippen molar-refractivity contribution < 1.29 is 9.53 Å². The second-order valence-electron chi connectivity index (χ2n) is 6.66. The molecule has 0 radical (unpaired) electrons. The summed E-state index contributed by atoms with van der Waals surface area (Å²) in [5.74, 6) is 0.965. The Morgan fingerprint density at radius 1 is 1.24 bits per heavy atom. The first kappa shape index (κ1) is 22.6. The molecule has 0 aliphatic carbocycles. The van der Waals surface area contributed by atoms with Crippen molar-refractivity contribution in [3.8, 4) is 29.0 Å². The number of aromatic nitrogens is 2. The van der Waals surface area contributed by atoms with Gasteiger partial charge in [-0.25, -0.2) is 9.97 Å². The lowest BCUT2D eigenvalue weighted by Gasteiger charge is -2.11. The second kappa shape index (κ2) is 9.88. The van der Waals surface area contributed by atoms with Crippen molar-refractivity contribution in [2.45, 2.75) is 11.4 Å². The molecule has 0 aliphatic rings. The first-order valence-corrected chi connectivity index (χ1v) is 12.3. The van der Waals surface area contributed by atoms with Gasteiger partial charge in [-0.3, -0.25) is 4.79 Å². The van der Waals surface area contributed by atoms with Gasteiger partial charge in [-0.1, -0.05) is 11.3 Å². The Labute approximate surface area is 201 Å². The number of nitriles is 2. The van der Waals surface area contributed by atoms with E-state index in [1.54, 1.807) is 7.11 Å². The molecule has 8 nitrogen and oxygen atoms in total. The predicted molar refractivity (Wildman–Crippen MR) is 132 cm³/mol. The highest BCUT2D eigenvalue weighted by Gasteiger charge is 2.21. The van der Waals surface area contributed by atoms with Crippen LogP contribution in [0.1, 0.15) is 17.5 Å². The van der Waals surface area contributed by atoms with Gasteiger partial charge in [0.25, 0.3) is 0 Å². The van der Waals surface area contributed by atoms with Crippen LogP contribution in [0.15, 0.2) is 40.1 Å². The number of hydrogen-bond donors (Lipinski definition) is 2. The van der Waals surface area contributed by atoms with Gasteiger partial charge in [0.1, 0.15) is 34.3 Å². The van der Waals surface area contributed by atoms with E-state index < -0.39 is 0 Å². The Kier molecular flexibility index (Phi) is 6.75. The number of amides is 1. The number of carbonyl (C=O) groups is 1. The standard InChI is InChI=1S/C22H16N6O2S3/c1-30-13-2-3-16-17(8-13)33-22(26-16)27-18(29)5-7-32-21-15(10-24)19(12-4-6-31-11-12)14(9-23)20(25)28-21/h2-4,6,8,11H,5,7H2,1H3,(H2,25,28)(H,26,27,29). The number of carbonyl (C=O) groups excluding carboxylic acids is 1. The van der Waals surface area contributed by atoms with E-state index in [-0.39, 0.29) is 29.3 Å². The van der Waals surface area contributed by atoms with Gasteiger partial charge in [-0.15, -0.1) is 11.8 Å². The first-order valence-electron chi connectivity index (χ1n) is 9.57. The van der Waals surface area contributed by atoms with E-state index in [9.17, 15) is 15.3 Å². The van der Waals surface area contributed by atoms with Crippen molar-refractivity contribution in [3.05, 3.63) is 46.2 Å². The highest BCUT2D eigenvalue weighted by molar-refractivity contribution is 7.99. The molecule has 3 aromatic heterocycles. The van der Waals surface area contributed by atoms with Crippen LogP contribution in [0.25, 0.3) is 21.3 Å². The lowest BCUT2D eigenvalue weighted by molar-refractivity contribution is -0.115. The van der Waals surface area contributed by atoms with E-state index in [0.717, 1.165) is 21.5 Å². The van der Waals surface area contributed by atoms with Gasteiger partial charge < -0.3 is 15.8 Å². The predicted octanol–water partition coefficient (Wildman–Crippen LogP) is 4.87. The van der Waals surface area contributed by atoms with E-state index in [1.807, 2.05) is 35.0 Å². The molecule has 1 amide bonds. The zero-order chi connectivity index (χ0) is 23.4. The van der Waals surface area contributed by atoms with E-state index in [0.29, 0.717) is 21.5 Å². The lowest BCUT2D eigenvalue weighted by Crippen LogP contribution is -2.12. The van der Waals surface area contributed by atoms with E-state index >= 15 is 0 Å². The number of nitrogen functional groups attached to an aromatic ring is 1. The third-order valence-corrected chi connectivity index (χ3v) is 7.23. The Hall–Kier alpha value is -3.64. The Morgan fingerprint density at radius 3 is 2.76 bits per heavy atom. The van der Waals surface area contributed by atoms with Crippen molar-refractivity contribution in [2.24, 2.45) is 0 Å². The van der Waals surface area contributed by atoms with Gasteiger partial charge in [0.05, 0.1) is 22.9 Å². The van der Waals surface area contributed by atoms with Gasteiger partial charge in [0, 0.05) is 17.7 Å². The summed E-state index contributed by atoms with van der Waals surface area (Å²) in [5.41, 5.74) is 8.47. The smallest absolute Gasteiger partial charge is 0.226 e. The number of fused-ring (bicyclic) bond motifs is 1. The number of nitrogens with two attached hydrogens (primary N) is 1. The van der Waals surface area contributed by atoms with Crippen LogP contribution < -0.4 is 15.8 Å². The van der Waals surface area contributed by atoms with Gasteiger partial charge in [0.15, 0.2) is 5.13 Å². The molecule has 0 fully saturated rings. The fourth-order valence-electron chi connectivity index (χ4n) is 3.11. The van der Waals surface area contributed by atoms with Gasteiger partial charge in [-0.05, 0) is 40.6 Å². The summed E-state index contributed by atoms with van der Waals surface area (Å²) >= 11 is 4.08. The summed E-state index contributed by atoms with van der Waals surface area (Å²) in [6.45, 7) is 0. The summed E-state index contributed by atoms with van der Waals surface area (Å²) in [4.78, 5) is 21.1. The molecule has 0 saturated heterocycles. The van der Waals surface area contributed by atoms with Crippen molar-refractivity contribution in [1.29, 1.82) is 10.5 Å². The van der Waals surface area contributed by atoms with Gasteiger partial charge in [0.2, 0.25) is 5.91 Å². The number of thiazole rings is 1. The lowest BCUT2D eigenvalue weighted by atomic mass is 9.99. The van der Waals surface area contributed by atoms with Crippen LogP contribution in [-0.4, -0.2) is 28.7 Å². The number of nitrogens with one attached hydrogen (secondary N) is 1. The molecule has 3 N–H and O–H groups in total. The molecule has 0 saturated carbocycles. The van der Waals surface area contributed by atoms with Gasteiger partial charge in [-0.2, -0.15) is 21.9 Å². The fourth-order valence-corrected chi connectivity index (χ4v) is 5.60. The number of benzene rings is 1. The number of thioether (sulfide) groups is 1. The molecule has 33 heavy (non-hydrogen) atoms. The van der Waals surface area contributed by atoms with Crippen LogP contribution >= 0.6 is 34.4 Å². The summed E-state index contributed by atoms with van der Waals surface area (Å²) in [6, 6.07) is 11.6. The fraction of sp³-hybridized carbons (Fsp3) is 0.136. The molecule has 164 valence electrons. The number of rotatable bonds is 7. The number of pyridine rings is 1. The third-order valence-electron chi connectivity index (χ3n) is 4.64. The van der Waals surface area contributed by atoms with Gasteiger partial charge >= 0.3 is 0 Å². The minimum atomic E-state index is -0.202. The SMILES string of the molecule is COc1ccc2nc(NC(=O)CCSc3nc(N)c(C#N)c(-c4ccsc4)c3C#N)sc2c1. The summed E-state index contributed by atoms with van der Waals surface area (Å²) in [7, 11) is 1.60. The van der Waals surface area contributed by atoms with Crippen LogP contribution in [0.2, 0.25) is 0 Å². The third kappa shape index (κ3) is 4.76. The highest BCUT2D eigenvalue weighted by atomic mass is 32.2. The number of methoxy groups -OCH3 is 1. The molecular formula is C22H16N6O2S3. The van der Waals surface area contributed by atoms with Crippen LogP contribution in [0, 0.1) is 22.7 Å². The highest BCUT2D eigenvalue weighted by Crippen LogP contribution is 2.36. The molecule has 3 heterocycles. The Bertz CT molecular complexity index is 1420. The quantitative estimate of drug-likeness (QED) is 0.348. The van der Waals surface area contributed by atoms with Crippen molar-refractivity contribution in [1.82, 2.24) is 9.97 Å². The molecule has 1 aromatic carbocycles. The first-order chi connectivity index (χ1) is 16.0. The van der Waals surface area contributed by atoms with Crippen molar-refractivity contribution >= 4 is 61.5 Å². The number of nitrogens with zero attached hydrogens (tertiary/aromatic N) is 4. The van der Waals surface area contributed by atoms with E-state index in [2.05, 4.69) is 27.4 Å². The van der Waals surface area contributed by atoms with Crippen molar-refractivity contribution in [2.75, 3.05) is 23.9 Å². The average molecular weight is 493 g/mol. The maximum atomic E-state index is 12.4. The van der Waals surface area contributed by atoms with E-state index in [1.165, 1.54) is 34.4 Å². The summed E-state index contributed by atoms with van der Waals surface area (Å²) in [5, 5.41) is 26.7. The number of anilines is 2. The zero-order valence-corrected chi connectivity index (χ0v) is 19.7. The van der Waals surface area contributed by atoms with Crippen LogP contribution in [-0.2, 0) is 4.79 Å². The second-order valence-corrected chi connectivity index (χ2v) is 9.56. The summed E-state index contributed by atoms with van der Waals surface area (Å²) < 4.78 is 6.13. The normalized spacial score (nSPS) is 10.5. The minimum Gasteiger partial charge on any atom is -0.497 e. The number of hydrogen-bond acceptors (Lipinski definition) is 10. The molecule has 0 unspecified atom stereocenters. The zero-order valence-electron chi connectivity index (χ0n) is 17.3. The molecular weight excluding hydrogens is 476 g/mol. The Balaban J connectivity index is 1.47. The minimum absolute atomic E-state index is 0.0644. The van der Waals surface area contributed by atoms with Crippen LogP contribution in [0.5, 0.6) is 5.75 Å². The number of ether oxygens (including phenoxy) is 1. The molecule has 0 atom stereocenters. The monoisotopic (exact) mass is 492 g/mol. The Morgan fingerprint density at radius 2 is 2.06 bits per heavy atom. The maximum Gasteiger partial charge on any atom is 0.226 e.